The van der Waals surface area contributed by atoms with Gasteiger partial charge in [0.15, 0.2) is 0 Å². The van der Waals surface area contributed by atoms with Crippen molar-refractivity contribution in [1.82, 2.24) is 15.0 Å². The highest BCUT2D eigenvalue weighted by Crippen LogP contribution is 2.19. The third-order valence-corrected chi connectivity index (χ3v) is 4.10. The second-order valence-corrected chi connectivity index (χ2v) is 5.94. The minimum absolute atomic E-state index is 0.0311. The zero-order valence-electron chi connectivity index (χ0n) is 12.6. The molecule has 0 aliphatic heterocycles. The highest BCUT2D eigenvalue weighted by Gasteiger charge is 2.24. The van der Waals surface area contributed by atoms with Crippen LogP contribution in [0.15, 0.2) is 29.2 Å². The number of esters is 1. The van der Waals surface area contributed by atoms with E-state index in [1.807, 2.05) is 0 Å². The Bertz CT molecular complexity index is 838. The fourth-order valence-corrected chi connectivity index (χ4v) is 2.89. The number of nitrogens with one attached hydrogen (secondary N) is 1. The second kappa shape index (κ2) is 6.57. The molecular weight excluding hydrogens is 324 g/mol. The quantitative estimate of drug-likeness (QED) is 0.794. The number of carbonyl (C=O) groups excluding carboxylic acids is 1. The molecule has 0 spiro atoms. The summed E-state index contributed by atoms with van der Waals surface area (Å²) < 4.78 is 36.6. The Kier molecular flexibility index (Phi) is 4.74. The van der Waals surface area contributed by atoms with Crippen molar-refractivity contribution in [3.63, 3.8) is 0 Å². The highest BCUT2D eigenvalue weighted by molar-refractivity contribution is 7.92. The predicted octanol–water partition coefficient (Wildman–Crippen LogP) is 0.776. The standard InChI is InChI=1S/C13H14N4O5S/c1-8-14-12(16-13(15-8)22-3)17-23(19,20)10-7-5-4-6-9(10)11(18)21-2/h4-7H,1-3H3,(H,14,15,16,17). The van der Waals surface area contributed by atoms with Gasteiger partial charge in [0.25, 0.3) is 10.0 Å². The molecule has 0 bridgehead atoms. The summed E-state index contributed by atoms with van der Waals surface area (Å²) in [5.41, 5.74) is -0.0970. The van der Waals surface area contributed by atoms with Crippen LogP contribution in [0.5, 0.6) is 6.01 Å². The lowest BCUT2D eigenvalue weighted by molar-refractivity contribution is 0.0596. The molecule has 0 radical (unpaired) electrons. The van der Waals surface area contributed by atoms with Gasteiger partial charge in [-0.25, -0.2) is 17.9 Å². The van der Waals surface area contributed by atoms with Crippen LogP contribution in [0.25, 0.3) is 0 Å². The molecule has 1 N–H and O–H groups in total. The van der Waals surface area contributed by atoms with Crippen molar-refractivity contribution < 1.29 is 22.7 Å². The Labute approximate surface area is 132 Å². The summed E-state index contributed by atoms with van der Waals surface area (Å²) in [4.78, 5) is 23.0. The summed E-state index contributed by atoms with van der Waals surface area (Å²) in [6.07, 6.45) is 0. The summed E-state index contributed by atoms with van der Waals surface area (Å²) in [6, 6.07) is 5.61. The Hall–Kier alpha value is -2.75. The lowest BCUT2D eigenvalue weighted by Gasteiger charge is -2.10. The number of aromatic nitrogens is 3. The van der Waals surface area contributed by atoms with E-state index in [1.165, 1.54) is 38.5 Å². The van der Waals surface area contributed by atoms with Crippen LogP contribution >= 0.6 is 0 Å². The molecule has 0 aliphatic rings. The van der Waals surface area contributed by atoms with E-state index in [2.05, 4.69) is 24.4 Å². The molecule has 122 valence electrons. The van der Waals surface area contributed by atoms with Crippen LogP contribution in [-0.2, 0) is 14.8 Å². The number of hydrogen-bond acceptors (Lipinski definition) is 8. The van der Waals surface area contributed by atoms with Gasteiger partial charge < -0.3 is 9.47 Å². The number of carbonyl (C=O) groups is 1. The molecule has 0 unspecified atom stereocenters. The molecular formula is C13H14N4O5S. The molecule has 0 fully saturated rings. The zero-order valence-corrected chi connectivity index (χ0v) is 13.4. The largest absolute Gasteiger partial charge is 0.467 e. The van der Waals surface area contributed by atoms with Gasteiger partial charge in [0.05, 0.1) is 19.8 Å². The van der Waals surface area contributed by atoms with Gasteiger partial charge in [-0.15, -0.1) is 0 Å². The number of rotatable bonds is 5. The monoisotopic (exact) mass is 338 g/mol. The lowest BCUT2D eigenvalue weighted by atomic mass is 10.2. The summed E-state index contributed by atoms with van der Waals surface area (Å²) in [5.74, 6) is -0.708. The number of benzene rings is 1. The van der Waals surface area contributed by atoms with Gasteiger partial charge >= 0.3 is 12.0 Å². The minimum Gasteiger partial charge on any atom is -0.467 e. The first-order valence-corrected chi connectivity index (χ1v) is 7.82. The SMILES string of the molecule is COC(=O)c1ccccc1S(=O)(=O)Nc1nc(C)nc(OC)n1. The summed E-state index contributed by atoms with van der Waals surface area (Å²) >= 11 is 0. The number of aryl methyl sites for hydroxylation is 1. The minimum atomic E-state index is -4.10. The molecule has 9 nitrogen and oxygen atoms in total. The molecule has 2 rings (SSSR count). The van der Waals surface area contributed by atoms with Crippen LogP contribution in [0, 0.1) is 6.92 Å². The van der Waals surface area contributed by atoms with Crippen LogP contribution < -0.4 is 9.46 Å². The molecule has 0 saturated carbocycles. The predicted molar refractivity (Wildman–Crippen MR) is 79.7 cm³/mol. The maximum absolute atomic E-state index is 12.5. The maximum Gasteiger partial charge on any atom is 0.339 e. The summed E-state index contributed by atoms with van der Waals surface area (Å²) in [6.45, 7) is 1.56. The smallest absolute Gasteiger partial charge is 0.339 e. The Balaban J connectivity index is 2.44. The van der Waals surface area contributed by atoms with Crippen LogP contribution in [0.2, 0.25) is 0 Å². The van der Waals surface area contributed by atoms with Crippen molar-refractivity contribution >= 4 is 21.9 Å². The van der Waals surface area contributed by atoms with Gasteiger partial charge in [-0.05, 0) is 19.1 Å². The molecule has 23 heavy (non-hydrogen) atoms. The second-order valence-electron chi connectivity index (χ2n) is 4.29. The van der Waals surface area contributed by atoms with Crippen molar-refractivity contribution in [1.29, 1.82) is 0 Å². The molecule has 0 amide bonds. The van der Waals surface area contributed by atoms with E-state index in [9.17, 15) is 13.2 Å². The van der Waals surface area contributed by atoms with Crippen molar-refractivity contribution in [2.45, 2.75) is 11.8 Å². The van der Waals surface area contributed by atoms with E-state index in [-0.39, 0.29) is 28.2 Å². The van der Waals surface area contributed by atoms with Gasteiger partial charge in [-0.2, -0.15) is 15.0 Å². The molecule has 0 atom stereocenters. The molecule has 1 aromatic carbocycles. The third-order valence-electron chi connectivity index (χ3n) is 2.72. The maximum atomic E-state index is 12.5. The number of sulfonamides is 1. The van der Waals surface area contributed by atoms with Crippen LogP contribution in [-0.4, -0.2) is 43.6 Å². The normalized spacial score (nSPS) is 10.9. The molecule has 10 heteroatoms. The first-order chi connectivity index (χ1) is 10.9. The number of anilines is 1. The van der Waals surface area contributed by atoms with Gasteiger partial charge in [-0.3, -0.25) is 0 Å². The Morgan fingerprint density at radius 1 is 1.13 bits per heavy atom. The van der Waals surface area contributed by atoms with Crippen LogP contribution in [0.4, 0.5) is 5.95 Å². The lowest BCUT2D eigenvalue weighted by Crippen LogP contribution is -2.19. The van der Waals surface area contributed by atoms with E-state index >= 15 is 0 Å². The molecule has 1 aromatic heterocycles. The van der Waals surface area contributed by atoms with Gasteiger partial charge in [0, 0.05) is 0 Å². The van der Waals surface area contributed by atoms with Crippen LogP contribution in [0.3, 0.4) is 0 Å². The third kappa shape index (κ3) is 3.72. The first-order valence-electron chi connectivity index (χ1n) is 6.34. The average molecular weight is 338 g/mol. The van der Waals surface area contributed by atoms with E-state index in [1.54, 1.807) is 6.92 Å². The van der Waals surface area contributed by atoms with Crippen molar-refractivity contribution in [2.75, 3.05) is 18.9 Å². The number of ether oxygens (including phenoxy) is 2. The van der Waals surface area contributed by atoms with Crippen LogP contribution in [0.1, 0.15) is 16.2 Å². The molecule has 0 aliphatic carbocycles. The van der Waals surface area contributed by atoms with E-state index in [0.29, 0.717) is 0 Å². The fourth-order valence-electron chi connectivity index (χ4n) is 1.75. The zero-order chi connectivity index (χ0) is 17.0. The van der Waals surface area contributed by atoms with Gasteiger partial charge in [-0.1, -0.05) is 12.1 Å². The fraction of sp³-hybridized carbons (Fsp3) is 0.231. The highest BCUT2D eigenvalue weighted by atomic mass is 32.2. The summed E-state index contributed by atoms with van der Waals surface area (Å²) in [7, 11) is -1.59. The van der Waals surface area contributed by atoms with Crippen molar-refractivity contribution in [3.8, 4) is 6.01 Å². The van der Waals surface area contributed by atoms with E-state index in [0.717, 1.165) is 0 Å². The number of methoxy groups -OCH3 is 2. The molecule has 0 saturated heterocycles. The average Bonchev–Trinajstić information content (AvgIpc) is 2.53. The van der Waals surface area contributed by atoms with Crippen molar-refractivity contribution in [3.05, 3.63) is 35.7 Å². The van der Waals surface area contributed by atoms with Gasteiger partial charge in [0.1, 0.15) is 10.7 Å². The topological polar surface area (TPSA) is 120 Å². The number of nitrogens with zero attached hydrogens (tertiary/aromatic N) is 3. The molecule has 1 heterocycles. The number of hydrogen-bond donors (Lipinski definition) is 1. The van der Waals surface area contributed by atoms with E-state index in [4.69, 9.17) is 4.74 Å². The van der Waals surface area contributed by atoms with Crippen molar-refractivity contribution in [2.24, 2.45) is 0 Å². The van der Waals surface area contributed by atoms with E-state index < -0.39 is 16.0 Å². The molecule has 2 aromatic rings. The summed E-state index contributed by atoms with van der Waals surface area (Å²) in [5, 5.41) is 0. The van der Waals surface area contributed by atoms with Gasteiger partial charge in [0.2, 0.25) is 5.95 Å². The Morgan fingerprint density at radius 2 is 1.83 bits per heavy atom. The first kappa shape index (κ1) is 16.6. The Morgan fingerprint density at radius 3 is 2.48 bits per heavy atom.